The molecule has 1 atom stereocenters. The molecule has 88 valence electrons. The molecule has 0 bridgehead atoms. The summed E-state index contributed by atoms with van der Waals surface area (Å²) < 4.78 is 0. The molecule has 1 heterocycles. The van der Waals surface area contributed by atoms with Crippen LogP contribution in [0.3, 0.4) is 0 Å². The lowest BCUT2D eigenvalue weighted by molar-refractivity contribution is 0.547. The highest BCUT2D eigenvalue weighted by molar-refractivity contribution is 5.17. The molecular weight excluding hydrogens is 208 g/mol. The SMILES string of the molecule is CNC(CCc1ccccc1)c1cccnc1. The molecule has 1 unspecified atom stereocenters. The first-order valence-electron chi connectivity index (χ1n) is 6.01. The van der Waals surface area contributed by atoms with Crippen LogP contribution >= 0.6 is 0 Å². The van der Waals surface area contributed by atoms with Crippen molar-refractivity contribution in [2.45, 2.75) is 18.9 Å². The van der Waals surface area contributed by atoms with Gasteiger partial charge in [0, 0.05) is 18.4 Å². The van der Waals surface area contributed by atoms with Crippen LogP contribution in [0.4, 0.5) is 0 Å². The van der Waals surface area contributed by atoms with Gasteiger partial charge in [-0.15, -0.1) is 0 Å². The number of aryl methyl sites for hydroxylation is 1. The minimum atomic E-state index is 0.379. The van der Waals surface area contributed by atoms with Crippen molar-refractivity contribution in [3.05, 3.63) is 66.0 Å². The van der Waals surface area contributed by atoms with Crippen molar-refractivity contribution in [2.24, 2.45) is 0 Å². The number of nitrogens with zero attached hydrogens (tertiary/aromatic N) is 1. The largest absolute Gasteiger partial charge is 0.313 e. The lowest BCUT2D eigenvalue weighted by Crippen LogP contribution is -2.17. The van der Waals surface area contributed by atoms with E-state index in [4.69, 9.17) is 0 Å². The molecule has 0 aliphatic carbocycles. The van der Waals surface area contributed by atoms with Crippen LogP contribution in [-0.2, 0) is 6.42 Å². The van der Waals surface area contributed by atoms with E-state index in [0.717, 1.165) is 12.8 Å². The third kappa shape index (κ3) is 3.40. The maximum atomic E-state index is 4.17. The van der Waals surface area contributed by atoms with Gasteiger partial charge in [-0.05, 0) is 37.1 Å². The van der Waals surface area contributed by atoms with Crippen molar-refractivity contribution in [2.75, 3.05) is 7.05 Å². The maximum Gasteiger partial charge on any atom is 0.0336 e. The first-order valence-corrected chi connectivity index (χ1v) is 6.01. The summed E-state index contributed by atoms with van der Waals surface area (Å²) in [7, 11) is 2.00. The fourth-order valence-corrected chi connectivity index (χ4v) is 2.02. The zero-order valence-electron chi connectivity index (χ0n) is 10.1. The minimum absolute atomic E-state index is 0.379. The molecule has 2 nitrogen and oxygen atoms in total. The van der Waals surface area contributed by atoms with Crippen LogP contribution in [0.25, 0.3) is 0 Å². The van der Waals surface area contributed by atoms with E-state index in [2.05, 4.69) is 46.7 Å². The summed E-state index contributed by atoms with van der Waals surface area (Å²) in [5.74, 6) is 0. The Morgan fingerprint density at radius 3 is 2.59 bits per heavy atom. The molecule has 2 aromatic rings. The number of benzene rings is 1. The molecular formula is C15H18N2. The van der Waals surface area contributed by atoms with Crippen molar-refractivity contribution in [3.63, 3.8) is 0 Å². The van der Waals surface area contributed by atoms with E-state index >= 15 is 0 Å². The number of hydrogen-bond acceptors (Lipinski definition) is 2. The first kappa shape index (κ1) is 11.8. The van der Waals surface area contributed by atoms with Gasteiger partial charge in [0.25, 0.3) is 0 Å². The van der Waals surface area contributed by atoms with Crippen LogP contribution in [0.15, 0.2) is 54.9 Å². The van der Waals surface area contributed by atoms with Crippen molar-refractivity contribution < 1.29 is 0 Å². The zero-order valence-corrected chi connectivity index (χ0v) is 10.1. The molecule has 1 N–H and O–H groups in total. The summed E-state index contributed by atoms with van der Waals surface area (Å²) in [5.41, 5.74) is 2.64. The Bertz CT molecular complexity index is 425. The van der Waals surface area contributed by atoms with E-state index in [1.54, 1.807) is 0 Å². The fourth-order valence-electron chi connectivity index (χ4n) is 2.02. The maximum absolute atomic E-state index is 4.17. The van der Waals surface area contributed by atoms with E-state index in [0.29, 0.717) is 6.04 Å². The van der Waals surface area contributed by atoms with Crippen LogP contribution in [0.1, 0.15) is 23.6 Å². The highest BCUT2D eigenvalue weighted by Gasteiger charge is 2.08. The van der Waals surface area contributed by atoms with Crippen LogP contribution in [0.5, 0.6) is 0 Å². The second-order valence-electron chi connectivity index (χ2n) is 4.15. The molecule has 1 aromatic heterocycles. The van der Waals surface area contributed by atoms with E-state index < -0.39 is 0 Å². The lowest BCUT2D eigenvalue weighted by atomic mass is 10.0. The van der Waals surface area contributed by atoms with Crippen molar-refractivity contribution in [3.8, 4) is 0 Å². The van der Waals surface area contributed by atoms with Gasteiger partial charge in [0.1, 0.15) is 0 Å². The molecule has 0 saturated heterocycles. The van der Waals surface area contributed by atoms with Gasteiger partial charge >= 0.3 is 0 Å². The monoisotopic (exact) mass is 226 g/mol. The first-order chi connectivity index (χ1) is 8.40. The molecule has 0 radical (unpaired) electrons. The van der Waals surface area contributed by atoms with Crippen molar-refractivity contribution in [1.29, 1.82) is 0 Å². The molecule has 0 amide bonds. The average Bonchev–Trinajstić information content (AvgIpc) is 2.42. The summed E-state index contributed by atoms with van der Waals surface area (Å²) >= 11 is 0. The third-order valence-corrected chi connectivity index (χ3v) is 3.00. The number of hydrogen-bond donors (Lipinski definition) is 1. The van der Waals surface area contributed by atoms with E-state index in [-0.39, 0.29) is 0 Å². The van der Waals surface area contributed by atoms with E-state index in [1.165, 1.54) is 11.1 Å². The van der Waals surface area contributed by atoms with Gasteiger partial charge < -0.3 is 5.32 Å². The second kappa shape index (κ2) is 6.16. The molecule has 2 rings (SSSR count). The van der Waals surface area contributed by atoms with Crippen LogP contribution in [-0.4, -0.2) is 12.0 Å². The minimum Gasteiger partial charge on any atom is -0.313 e. The highest BCUT2D eigenvalue weighted by atomic mass is 14.9. The van der Waals surface area contributed by atoms with Crippen LogP contribution in [0, 0.1) is 0 Å². The summed E-state index contributed by atoms with van der Waals surface area (Å²) in [6.45, 7) is 0. The topological polar surface area (TPSA) is 24.9 Å². The summed E-state index contributed by atoms with van der Waals surface area (Å²) in [6.07, 6.45) is 5.92. The third-order valence-electron chi connectivity index (χ3n) is 3.00. The van der Waals surface area contributed by atoms with Gasteiger partial charge in [-0.25, -0.2) is 0 Å². The Kier molecular flexibility index (Phi) is 4.28. The second-order valence-corrected chi connectivity index (χ2v) is 4.15. The summed E-state index contributed by atoms with van der Waals surface area (Å²) in [5, 5.41) is 3.35. The van der Waals surface area contributed by atoms with Gasteiger partial charge in [-0.3, -0.25) is 4.98 Å². The molecule has 0 spiro atoms. The molecule has 1 aromatic carbocycles. The van der Waals surface area contributed by atoms with Crippen molar-refractivity contribution in [1.82, 2.24) is 10.3 Å². The van der Waals surface area contributed by atoms with Gasteiger partial charge in [0.05, 0.1) is 0 Å². The summed E-state index contributed by atoms with van der Waals surface area (Å²) in [4.78, 5) is 4.17. The lowest BCUT2D eigenvalue weighted by Gasteiger charge is -2.16. The number of aromatic nitrogens is 1. The number of pyridine rings is 1. The van der Waals surface area contributed by atoms with Gasteiger partial charge in [-0.2, -0.15) is 0 Å². The van der Waals surface area contributed by atoms with E-state index in [1.807, 2.05) is 25.5 Å². The molecule has 0 fully saturated rings. The average molecular weight is 226 g/mol. The van der Waals surface area contributed by atoms with Crippen molar-refractivity contribution >= 4 is 0 Å². The Hall–Kier alpha value is -1.67. The molecule has 0 aliphatic rings. The van der Waals surface area contributed by atoms with Gasteiger partial charge in [0.2, 0.25) is 0 Å². The quantitative estimate of drug-likeness (QED) is 0.847. The Balaban J connectivity index is 1.97. The predicted octanol–water partition coefficient (Wildman–Crippen LogP) is 2.97. The smallest absolute Gasteiger partial charge is 0.0336 e. The zero-order chi connectivity index (χ0) is 11.9. The molecule has 17 heavy (non-hydrogen) atoms. The Morgan fingerprint density at radius 1 is 1.12 bits per heavy atom. The molecule has 0 aliphatic heterocycles. The normalized spacial score (nSPS) is 12.3. The van der Waals surface area contributed by atoms with Gasteiger partial charge in [0.15, 0.2) is 0 Å². The molecule has 0 saturated carbocycles. The predicted molar refractivity (Wildman–Crippen MR) is 70.8 cm³/mol. The Morgan fingerprint density at radius 2 is 1.94 bits per heavy atom. The molecule has 2 heteroatoms. The van der Waals surface area contributed by atoms with E-state index in [9.17, 15) is 0 Å². The summed E-state index contributed by atoms with van der Waals surface area (Å²) in [6, 6.07) is 15.1. The van der Waals surface area contributed by atoms with Gasteiger partial charge in [-0.1, -0.05) is 36.4 Å². The number of nitrogens with one attached hydrogen (secondary N) is 1. The van der Waals surface area contributed by atoms with Crippen LogP contribution < -0.4 is 5.32 Å². The standard InChI is InChI=1S/C15H18N2/c1-16-15(14-8-5-11-17-12-14)10-9-13-6-3-2-4-7-13/h2-8,11-12,15-16H,9-10H2,1H3. The van der Waals surface area contributed by atoms with Crippen LogP contribution in [0.2, 0.25) is 0 Å². The highest BCUT2D eigenvalue weighted by Crippen LogP contribution is 2.17. The fraction of sp³-hybridized carbons (Fsp3) is 0.267. The Labute approximate surface area is 103 Å². The number of rotatable bonds is 5.